The van der Waals surface area contributed by atoms with Crippen molar-refractivity contribution in [3.63, 3.8) is 0 Å². The minimum absolute atomic E-state index is 0.567. The molecule has 1 unspecified atom stereocenters. The van der Waals surface area contributed by atoms with E-state index in [0.29, 0.717) is 6.04 Å². The SMILES string of the molecule is CCNC(CN)C1CCC(C)CC1. The van der Waals surface area contributed by atoms with Crippen LogP contribution in [0.2, 0.25) is 0 Å². The maximum absolute atomic E-state index is 5.76. The maximum atomic E-state index is 5.76. The summed E-state index contributed by atoms with van der Waals surface area (Å²) in [7, 11) is 0. The third-order valence-electron chi connectivity index (χ3n) is 3.35. The number of rotatable bonds is 4. The first-order valence-corrected chi connectivity index (χ1v) is 5.71. The van der Waals surface area contributed by atoms with E-state index in [1.165, 1.54) is 25.7 Å². The summed E-state index contributed by atoms with van der Waals surface area (Å²) in [6.45, 7) is 6.37. The Labute approximate surface area is 82.3 Å². The topological polar surface area (TPSA) is 38.0 Å². The van der Waals surface area contributed by atoms with Gasteiger partial charge in [-0.05, 0) is 31.2 Å². The average Bonchev–Trinajstić information content (AvgIpc) is 2.16. The van der Waals surface area contributed by atoms with Gasteiger partial charge in [0.25, 0.3) is 0 Å². The van der Waals surface area contributed by atoms with Crippen LogP contribution in [-0.4, -0.2) is 19.1 Å². The lowest BCUT2D eigenvalue weighted by Gasteiger charge is -2.32. The van der Waals surface area contributed by atoms with Crippen molar-refractivity contribution in [1.29, 1.82) is 0 Å². The van der Waals surface area contributed by atoms with Gasteiger partial charge in [0.2, 0.25) is 0 Å². The molecule has 2 heteroatoms. The molecule has 1 saturated carbocycles. The van der Waals surface area contributed by atoms with Crippen LogP contribution in [-0.2, 0) is 0 Å². The average molecular weight is 184 g/mol. The molecule has 0 heterocycles. The second-order valence-corrected chi connectivity index (χ2v) is 4.42. The van der Waals surface area contributed by atoms with Crippen molar-refractivity contribution in [1.82, 2.24) is 5.32 Å². The van der Waals surface area contributed by atoms with E-state index in [1.807, 2.05) is 0 Å². The van der Waals surface area contributed by atoms with Crippen LogP contribution in [0.1, 0.15) is 39.5 Å². The fourth-order valence-electron chi connectivity index (χ4n) is 2.39. The van der Waals surface area contributed by atoms with Crippen LogP contribution in [0.5, 0.6) is 0 Å². The molecule has 1 aliphatic rings. The van der Waals surface area contributed by atoms with Crippen molar-refractivity contribution in [2.75, 3.05) is 13.1 Å². The molecule has 13 heavy (non-hydrogen) atoms. The van der Waals surface area contributed by atoms with Crippen LogP contribution < -0.4 is 11.1 Å². The Morgan fingerprint density at radius 3 is 2.38 bits per heavy atom. The number of hydrogen-bond acceptors (Lipinski definition) is 2. The zero-order valence-electron chi connectivity index (χ0n) is 9.05. The van der Waals surface area contributed by atoms with E-state index in [9.17, 15) is 0 Å². The maximum Gasteiger partial charge on any atom is 0.0218 e. The molecule has 0 aromatic carbocycles. The summed E-state index contributed by atoms with van der Waals surface area (Å²) in [6, 6.07) is 0.567. The molecule has 1 aliphatic carbocycles. The molecular weight excluding hydrogens is 160 g/mol. The Morgan fingerprint density at radius 2 is 1.92 bits per heavy atom. The van der Waals surface area contributed by atoms with Gasteiger partial charge in [0.05, 0.1) is 0 Å². The summed E-state index contributed by atoms with van der Waals surface area (Å²) in [5, 5.41) is 3.49. The summed E-state index contributed by atoms with van der Waals surface area (Å²) >= 11 is 0. The zero-order chi connectivity index (χ0) is 9.68. The van der Waals surface area contributed by atoms with E-state index >= 15 is 0 Å². The first-order chi connectivity index (χ1) is 6.27. The van der Waals surface area contributed by atoms with Gasteiger partial charge in [0.1, 0.15) is 0 Å². The molecule has 3 N–H and O–H groups in total. The Hall–Kier alpha value is -0.0800. The number of nitrogens with one attached hydrogen (secondary N) is 1. The molecule has 1 fully saturated rings. The van der Waals surface area contributed by atoms with Gasteiger partial charge < -0.3 is 11.1 Å². The van der Waals surface area contributed by atoms with Gasteiger partial charge in [-0.1, -0.05) is 26.7 Å². The number of nitrogens with two attached hydrogens (primary N) is 1. The van der Waals surface area contributed by atoms with Crippen molar-refractivity contribution in [2.24, 2.45) is 17.6 Å². The molecular formula is C11H24N2. The second-order valence-electron chi connectivity index (χ2n) is 4.42. The Bertz CT molecular complexity index is 128. The highest BCUT2D eigenvalue weighted by atomic mass is 14.9. The van der Waals surface area contributed by atoms with Crippen LogP contribution in [0, 0.1) is 11.8 Å². The molecule has 1 rings (SSSR count). The third-order valence-corrected chi connectivity index (χ3v) is 3.35. The van der Waals surface area contributed by atoms with E-state index in [1.54, 1.807) is 0 Å². The van der Waals surface area contributed by atoms with Gasteiger partial charge in [-0.25, -0.2) is 0 Å². The van der Waals surface area contributed by atoms with Crippen LogP contribution in [0.4, 0.5) is 0 Å². The minimum atomic E-state index is 0.567. The molecule has 0 radical (unpaired) electrons. The lowest BCUT2D eigenvalue weighted by molar-refractivity contribution is 0.234. The first kappa shape index (κ1) is 11.0. The lowest BCUT2D eigenvalue weighted by Crippen LogP contribution is -2.43. The summed E-state index contributed by atoms with van der Waals surface area (Å²) in [5.74, 6) is 1.78. The Kier molecular flexibility index (Phi) is 4.74. The summed E-state index contributed by atoms with van der Waals surface area (Å²) in [4.78, 5) is 0. The van der Waals surface area contributed by atoms with Gasteiger partial charge >= 0.3 is 0 Å². The monoisotopic (exact) mass is 184 g/mol. The molecule has 0 aromatic heterocycles. The molecule has 0 spiro atoms. The number of likely N-dealkylation sites (N-methyl/N-ethyl adjacent to an activating group) is 1. The van der Waals surface area contributed by atoms with Gasteiger partial charge in [0, 0.05) is 12.6 Å². The Morgan fingerprint density at radius 1 is 1.31 bits per heavy atom. The molecule has 0 aromatic rings. The molecule has 78 valence electrons. The highest BCUT2D eigenvalue weighted by molar-refractivity contribution is 4.81. The highest BCUT2D eigenvalue weighted by Gasteiger charge is 2.24. The van der Waals surface area contributed by atoms with Crippen molar-refractivity contribution in [2.45, 2.75) is 45.6 Å². The van der Waals surface area contributed by atoms with Crippen molar-refractivity contribution >= 4 is 0 Å². The molecule has 0 amide bonds. The summed E-state index contributed by atoms with van der Waals surface area (Å²) < 4.78 is 0. The molecule has 2 nitrogen and oxygen atoms in total. The Balaban J connectivity index is 2.32. The minimum Gasteiger partial charge on any atom is -0.329 e. The predicted molar refractivity (Wildman–Crippen MR) is 57.6 cm³/mol. The van der Waals surface area contributed by atoms with E-state index in [4.69, 9.17) is 5.73 Å². The van der Waals surface area contributed by atoms with E-state index in [-0.39, 0.29) is 0 Å². The van der Waals surface area contributed by atoms with E-state index in [0.717, 1.165) is 24.9 Å². The standard InChI is InChI=1S/C11H24N2/c1-3-13-11(8-12)10-6-4-9(2)5-7-10/h9-11,13H,3-8,12H2,1-2H3. The van der Waals surface area contributed by atoms with Crippen molar-refractivity contribution in [3.05, 3.63) is 0 Å². The van der Waals surface area contributed by atoms with Gasteiger partial charge in [0.15, 0.2) is 0 Å². The van der Waals surface area contributed by atoms with Gasteiger partial charge in [-0.3, -0.25) is 0 Å². The van der Waals surface area contributed by atoms with E-state index in [2.05, 4.69) is 19.2 Å². The zero-order valence-corrected chi connectivity index (χ0v) is 9.05. The van der Waals surface area contributed by atoms with Crippen LogP contribution in [0.3, 0.4) is 0 Å². The quantitative estimate of drug-likeness (QED) is 0.698. The van der Waals surface area contributed by atoms with Crippen LogP contribution in [0.25, 0.3) is 0 Å². The smallest absolute Gasteiger partial charge is 0.0218 e. The van der Waals surface area contributed by atoms with Crippen LogP contribution >= 0.6 is 0 Å². The fraction of sp³-hybridized carbons (Fsp3) is 1.00. The molecule has 0 saturated heterocycles. The summed E-state index contributed by atoms with van der Waals surface area (Å²) in [6.07, 6.45) is 5.53. The highest BCUT2D eigenvalue weighted by Crippen LogP contribution is 2.30. The van der Waals surface area contributed by atoms with Gasteiger partial charge in [-0.15, -0.1) is 0 Å². The second kappa shape index (κ2) is 5.61. The van der Waals surface area contributed by atoms with Crippen molar-refractivity contribution < 1.29 is 0 Å². The van der Waals surface area contributed by atoms with Crippen LogP contribution in [0.15, 0.2) is 0 Å². The van der Waals surface area contributed by atoms with E-state index < -0.39 is 0 Å². The predicted octanol–water partition coefficient (Wildman–Crippen LogP) is 1.75. The normalized spacial score (nSPS) is 31.6. The third kappa shape index (κ3) is 3.28. The largest absolute Gasteiger partial charge is 0.329 e. The van der Waals surface area contributed by atoms with Gasteiger partial charge in [-0.2, -0.15) is 0 Å². The molecule has 0 bridgehead atoms. The molecule has 1 atom stereocenters. The van der Waals surface area contributed by atoms with Crippen molar-refractivity contribution in [3.8, 4) is 0 Å². The first-order valence-electron chi connectivity index (χ1n) is 5.71. The molecule has 0 aliphatic heterocycles. The fourth-order valence-corrected chi connectivity index (χ4v) is 2.39. The lowest BCUT2D eigenvalue weighted by atomic mass is 9.79. The number of hydrogen-bond donors (Lipinski definition) is 2. The summed E-state index contributed by atoms with van der Waals surface area (Å²) in [5.41, 5.74) is 5.76.